The van der Waals surface area contributed by atoms with Gasteiger partial charge < -0.3 is 9.88 Å². The number of nitrogens with one attached hydrogen (secondary N) is 1. The minimum Gasteiger partial charge on any atom is -0.340 e. The number of nitrogens with zero attached hydrogens (tertiary/aromatic N) is 6. The molecule has 1 aliphatic heterocycles. The molecule has 4 rings (SSSR count). The fourth-order valence-electron chi connectivity index (χ4n) is 2.92. The molecule has 0 saturated carbocycles. The van der Waals surface area contributed by atoms with Gasteiger partial charge in [0.05, 0.1) is 17.9 Å². The Morgan fingerprint density at radius 2 is 2.29 bits per heavy atom. The molecule has 1 N–H and O–H groups in total. The van der Waals surface area contributed by atoms with Gasteiger partial charge in [0.2, 0.25) is 5.91 Å². The average molecular weight is 323 g/mol. The molecular formula is C16H17N7O. The lowest BCUT2D eigenvalue weighted by Crippen LogP contribution is -2.40. The number of amides is 1. The van der Waals surface area contributed by atoms with E-state index in [0.717, 1.165) is 29.2 Å². The van der Waals surface area contributed by atoms with Gasteiger partial charge >= 0.3 is 0 Å². The molecule has 1 amide bonds. The fourth-order valence-corrected chi connectivity index (χ4v) is 2.92. The molecular weight excluding hydrogens is 306 g/mol. The molecule has 8 nitrogen and oxygen atoms in total. The zero-order valence-electron chi connectivity index (χ0n) is 13.3. The number of fused-ring (bicyclic) bond motifs is 1. The molecule has 0 saturated heterocycles. The quantitative estimate of drug-likeness (QED) is 0.782. The van der Waals surface area contributed by atoms with Crippen LogP contribution >= 0.6 is 0 Å². The van der Waals surface area contributed by atoms with Gasteiger partial charge in [-0.15, -0.1) is 0 Å². The molecule has 1 atom stereocenters. The van der Waals surface area contributed by atoms with Crippen LogP contribution in [-0.4, -0.2) is 47.1 Å². The third-order valence-electron chi connectivity index (χ3n) is 4.27. The minimum atomic E-state index is -0.366. The van der Waals surface area contributed by atoms with Gasteiger partial charge in [-0.25, -0.2) is 14.6 Å². The highest BCUT2D eigenvalue weighted by atomic mass is 16.2. The van der Waals surface area contributed by atoms with Crippen LogP contribution in [0.1, 0.15) is 24.4 Å². The Bertz CT molecular complexity index is 841. The number of carbonyl (C=O) groups excluding carboxylic acids is 1. The fraction of sp³-hybridized carbons (Fsp3) is 0.312. The molecule has 0 fully saturated rings. The Hall–Kier alpha value is -3.03. The monoisotopic (exact) mass is 323 g/mol. The van der Waals surface area contributed by atoms with Crippen LogP contribution in [0.15, 0.2) is 37.2 Å². The van der Waals surface area contributed by atoms with Crippen LogP contribution in [0, 0.1) is 0 Å². The molecule has 3 aromatic rings. The highest BCUT2D eigenvalue weighted by molar-refractivity contribution is 5.80. The molecule has 0 aliphatic carbocycles. The van der Waals surface area contributed by atoms with Crippen LogP contribution in [0.4, 0.5) is 0 Å². The number of rotatable bonds is 3. The Kier molecular flexibility index (Phi) is 3.56. The summed E-state index contributed by atoms with van der Waals surface area (Å²) in [5.74, 6) is 0.829. The second kappa shape index (κ2) is 5.88. The molecule has 0 aromatic carbocycles. The maximum absolute atomic E-state index is 12.7. The molecule has 1 aliphatic rings. The zero-order valence-corrected chi connectivity index (χ0v) is 13.3. The molecule has 0 unspecified atom stereocenters. The van der Waals surface area contributed by atoms with Crippen molar-refractivity contribution in [1.29, 1.82) is 0 Å². The van der Waals surface area contributed by atoms with Gasteiger partial charge in [-0.3, -0.25) is 9.78 Å². The highest BCUT2D eigenvalue weighted by Gasteiger charge is 2.28. The third-order valence-corrected chi connectivity index (χ3v) is 4.27. The smallest absolute Gasteiger partial charge is 0.247 e. The van der Waals surface area contributed by atoms with Crippen molar-refractivity contribution in [3.8, 4) is 11.4 Å². The third kappa shape index (κ3) is 2.55. The van der Waals surface area contributed by atoms with Crippen molar-refractivity contribution in [1.82, 2.24) is 34.6 Å². The standard InChI is InChI=1S/C16H17N7O/c1-11(23-10-18-9-19-23)16(24)22-6-4-13-14(8-22)21-15(20-13)12-3-2-5-17-7-12/h2-3,5,7,9-11H,4,6,8H2,1H3,(H,20,21)/t11-/m1/s1. The minimum absolute atomic E-state index is 0.0312. The second-order valence-corrected chi connectivity index (χ2v) is 5.81. The summed E-state index contributed by atoms with van der Waals surface area (Å²) in [5, 5.41) is 4.05. The van der Waals surface area contributed by atoms with E-state index >= 15 is 0 Å². The van der Waals surface area contributed by atoms with Gasteiger partial charge in [-0.1, -0.05) is 0 Å². The summed E-state index contributed by atoms with van der Waals surface area (Å²) in [6, 6.07) is 3.48. The van der Waals surface area contributed by atoms with Crippen molar-refractivity contribution < 1.29 is 4.79 Å². The topological polar surface area (TPSA) is 92.6 Å². The van der Waals surface area contributed by atoms with E-state index in [1.54, 1.807) is 23.4 Å². The molecule has 0 spiro atoms. The Labute approximate surface area is 138 Å². The molecule has 0 radical (unpaired) electrons. The lowest BCUT2D eigenvalue weighted by atomic mass is 10.1. The van der Waals surface area contributed by atoms with E-state index in [-0.39, 0.29) is 11.9 Å². The van der Waals surface area contributed by atoms with Crippen molar-refractivity contribution in [2.75, 3.05) is 6.54 Å². The SMILES string of the molecule is C[C@H](C(=O)N1CCc2nc(-c3cccnc3)[nH]c2C1)n1cncn1. The van der Waals surface area contributed by atoms with Crippen molar-refractivity contribution >= 4 is 5.91 Å². The maximum atomic E-state index is 12.7. The van der Waals surface area contributed by atoms with E-state index in [1.165, 1.54) is 6.33 Å². The second-order valence-electron chi connectivity index (χ2n) is 5.81. The molecule has 0 bridgehead atoms. The van der Waals surface area contributed by atoms with Crippen molar-refractivity contribution in [3.05, 3.63) is 48.6 Å². The van der Waals surface area contributed by atoms with Crippen LogP contribution < -0.4 is 0 Å². The summed E-state index contributed by atoms with van der Waals surface area (Å²) >= 11 is 0. The van der Waals surface area contributed by atoms with Gasteiger partial charge in [-0.2, -0.15) is 5.10 Å². The van der Waals surface area contributed by atoms with E-state index < -0.39 is 0 Å². The van der Waals surface area contributed by atoms with Crippen LogP contribution in [0.25, 0.3) is 11.4 Å². The van der Waals surface area contributed by atoms with E-state index in [2.05, 4.69) is 25.0 Å². The van der Waals surface area contributed by atoms with Crippen LogP contribution in [0.2, 0.25) is 0 Å². The van der Waals surface area contributed by atoms with Crippen molar-refractivity contribution in [2.45, 2.75) is 25.9 Å². The number of imidazole rings is 1. The van der Waals surface area contributed by atoms with Crippen molar-refractivity contribution in [3.63, 3.8) is 0 Å². The molecule has 4 heterocycles. The predicted octanol–water partition coefficient (Wildman–Crippen LogP) is 1.21. The number of aromatic amines is 1. The lowest BCUT2D eigenvalue weighted by Gasteiger charge is -2.28. The summed E-state index contributed by atoms with van der Waals surface area (Å²) in [4.78, 5) is 30.5. The largest absolute Gasteiger partial charge is 0.340 e. The molecule has 8 heteroatoms. The molecule has 24 heavy (non-hydrogen) atoms. The highest BCUT2D eigenvalue weighted by Crippen LogP contribution is 2.23. The molecule has 3 aromatic heterocycles. The summed E-state index contributed by atoms with van der Waals surface area (Å²) in [6.45, 7) is 3.02. The van der Waals surface area contributed by atoms with Gasteiger partial charge in [0, 0.05) is 30.9 Å². The summed E-state index contributed by atoms with van der Waals surface area (Å²) in [5.41, 5.74) is 2.95. The van der Waals surface area contributed by atoms with Gasteiger partial charge in [0.15, 0.2) is 0 Å². The van der Waals surface area contributed by atoms with Gasteiger partial charge in [-0.05, 0) is 19.1 Å². The first-order chi connectivity index (χ1) is 11.7. The average Bonchev–Trinajstić information content (AvgIpc) is 3.30. The number of hydrogen-bond donors (Lipinski definition) is 1. The number of H-pyrrole nitrogens is 1. The first-order valence-electron chi connectivity index (χ1n) is 7.83. The summed E-state index contributed by atoms with van der Waals surface area (Å²) in [6.07, 6.45) is 7.25. The Morgan fingerprint density at radius 1 is 1.38 bits per heavy atom. The zero-order chi connectivity index (χ0) is 16.5. The lowest BCUT2D eigenvalue weighted by molar-refractivity contribution is -0.135. The molecule has 122 valence electrons. The Balaban J connectivity index is 1.54. The van der Waals surface area contributed by atoms with Gasteiger partial charge in [0.25, 0.3) is 0 Å². The Morgan fingerprint density at radius 3 is 3.04 bits per heavy atom. The first kappa shape index (κ1) is 14.6. The normalized spacial score (nSPS) is 15.1. The number of pyridine rings is 1. The number of aromatic nitrogens is 6. The van der Waals surface area contributed by atoms with Crippen LogP contribution in [-0.2, 0) is 17.8 Å². The predicted molar refractivity (Wildman–Crippen MR) is 85.7 cm³/mol. The summed E-state index contributed by atoms with van der Waals surface area (Å²) < 4.78 is 1.58. The van der Waals surface area contributed by atoms with Crippen LogP contribution in [0.3, 0.4) is 0 Å². The van der Waals surface area contributed by atoms with Crippen molar-refractivity contribution in [2.24, 2.45) is 0 Å². The maximum Gasteiger partial charge on any atom is 0.247 e. The first-order valence-corrected chi connectivity index (χ1v) is 7.83. The van der Waals surface area contributed by atoms with E-state index in [0.29, 0.717) is 13.1 Å². The van der Waals surface area contributed by atoms with E-state index in [9.17, 15) is 4.79 Å². The summed E-state index contributed by atoms with van der Waals surface area (Å²) in [7, 11) is 0. The van der Waals surface area contributed by atoms with Crippen LogP contribution in [0.5, 0.6) is 0 Å². The number of hydrogen-bond acceptors (Lipinski definition) is 5. The van der Waals surface area contributed by atoms with E-state index in [4.69, 9.17) is 0 Å². The number of carbonyl (C=O) groups is 1. The van der Waals surface area contributed by atoms with E-state index in [1.807, 2.05) is 24.0 Å². The van der Waals surface area contributed by atoms with Gasteiger partial charge in [0.1, 0.15) is 24.5 Å².